The van der Waals surface area contributed by atoms with E-state index in [2.05, 4.69) is 17.3 Å². The molecule has 2 rings (SSSR count). The van der Waals surface area contributed by atoms with E-state index in [1.54, 1.807) is 0 Å². The van der Waals surface area contributed by atoms with Crippen LogP contribution in [0.3, 0.4) is 0 Å². The Morgan fingerprint density at radius 1 is 1.17 bits per heavy atom. The number of hydrogen-bond acceptors (Lipinski definition) is 3. The van der Waals surface area contributed by atoms with Crippen molar-refractivity contribution in [2.75, 3.05) is 33.4 Å². The summed E-state index contributed by atoms with van der Waals surface area (Å²) < 4.78 is 5.50. The van der Waals surface area contributed by atoms with E-state index in [9.17, 15) is 0 Å². The van der Waals surface area contributed by atoms with E-state index in [0.717, 1.165) is 26.3 Å². The summed E-state index contributed by atoms with van der Waals surface area (Å²) in [5.41, 5.74) is 0. The summed E-state index contributed by atoms with van der Waals surface area (Å²) in [6, 6.07) is 1.40. The summed E-state index contributed by atoms with van der Waals surface area (Å²) in [6.45, 7) is 4.14. The van der Waals surface area contributed by atoms with Gasteiger partial charge >= 0.3 is 0 Å². The second kappa shape index (κ2) is 3.73. The van der Waals surface area contributed by atoms with Gasteiger partial charge in [-0.15, -0.1) is 0 Å². The first-order valence-corrected chi connectivity index (χ1v) is 4.88. The van der Waals surface area contributed by atoms with Crippen molar-refractivity contribution in [3.8, 4) is 0 Å². The zero-order chi connectivity index (χ0) is 8.39. The molecule has 0 saturated carbocycles. The van der Waals surface area contributed by atoms with Crippen LogP contribution in [0.4, 0.5) is 0 Å². The molecule has 12 heavy (non-hydrogen) atoms. The Hall–Kier alpha value is -0.120. The third kappa shape index (κ3) is 1.63. The third-order valence-corrected chi connectivity index (χ3v) is 3.10. The molecule has 3 heteroatoms. The standard InChI is InChI=1S/C9H18N2O/c1-11-8-2-4-12-5-3-9(11)7-10-6-8/h8-10H,2-7H2,1H3. The summed E-state index contributed by atoms with van der Waals surface area (Å²) >= 11 is 0. The molecule has 1 N–H and O–H groups in total. The van der Waals surface area contributed by atoms with Crippen LogP contribution in [-0.4, -0.2) is 50.3 Å². The molecule has 2 saturated heterocycles. The molecular weight excluding hydrogens is 152 g/mol. The highest BCUT2D eigenvalue weighted by Gasteiger charge is 2.27. The number of nitrogens with zero attached hydrogens (tertiary/aromatic N) is 1. The van der Waals surface area contributed by atoms with E-state index >= 15 is 0 Å². The molecule has 0 aromatic rings. The second-order valence-electron chi connectivity index (χ2n) is 3.82. The summed E-state index contributed by atoms with van der Waals surface area (Å²) in [7, 11) is 2.25. The Balaban J connectivity index is 2.00. The molecule has 2 fully saturated rings. The van der Waals surface area contributed by atoms with Gasteiger partial charge in [0.15, 0.2) is 0 Å². The molecule has 2 atom stereocenters. The van der Waals surface area contributed by atoms with Crippen LogP contribution in [0.2, 0.25) is 0 Å². The zero-order valence-electron chi connectivity index (χ0n) is 7.75. The van der Waals surface area contributed by atoms with Crippen molar-refractivity contribution in [1.29, 1.82) is 0 Å². The summed E-state index contributed by atoms with van der Waals surface area (Å²) in [6.07, 6.45) is 2.36. The lowest BCUT2D eigenvalue weighted by Gasteiger charge is -2.41. The van der Waals surface area contributed by atoms with Gasteiger partial charge in [-0.05, 0) is 19.9 Å². The maximum absolute atomic E-state index is 5.50. The lowest BCUT2D eigenvalue weighted by molar-refractivity contribution is 0.0247. The Morgan fingerprint density at radius 3 is 2.33 bits per heavy atom. The minimum absolute atomic E-state index is 0.698. The van der Waals surface area contributed by atoms with Gasteiger partial charge in [0.2, 0.25) is 0 Å². The van der Waals surface area contributed by atoms with Crippen molar-refractivity contribution < 1.29 is 4.74 Å². The number of rotatable bonds is 0. The minimum atomic E-state index is 0.698. The molecule has 0 aliphatic carbocycles. The van der Waals surface area contributed by atoms with Gasteiger partial charge < -0.3 is 10.1 Å². The fourth-order valence-electron chi connectivity index (χ4n) is 2.15. The van der Waals surface area contributed by atoms with Gasteiger partial charge in [-0.3, -0.25) is 4.90 Å². The number of hydrogen-bond donors (Lipinski definition) is 1. The third-order valence-electron chi connectivity index (χ3n) is 3.10. The van der Waals surface area contributed by atoms with Crippen molar-refractivity contribution in [3.05, 3.63) is 0 Å². The van der Waals surface area contributed by atoms with Gasteiger partial charge in [-0.2, -0.15) is 0 Å². The summed E-state index contributed by atoms with van der Waals surface area (Å²) in [5.74, 6) is 0. The minimum Gasteiger partial charge on any atom is -0.381 e. The van der Waals surface area contributed by atoms with Crippen molar-refractivity contribution in [3.63, 3.8) is 0 Å². The van der Waals surface area contributed by atoms with Crippen molar-refractivity contribution in [2.24, 2.45) is 0 Å². The molecule has 0 aromatic carbocycles. The van der Waals surface area contributed by atoms with E-state index < -0.39 is 0 Å². The van der Waals surface area contributed by atoms with Crippen LogP contribution in [0.1, 0.15) is 12.8 Å². The number of fused-ring (bicyclic) bond motifs is 2. The average molecular weight is 170 g/mol. The van der Waals surface area contributed by atoms with Crippen LogP contribution >= 0.6 is 0 Å². The molecule has 0 spiro atoms. The fraction of sp³-hybridized carbons (Fsp3) is 1.00. The molecule has 2 aliphatic rings. The van der Waals surface area contributed by atoms with Crippen LogP contribution in [0.25, 0.3) is 0 Å². The number of nitrogens with one attached hydrogen (secondary N) is 1. The Bertz CT molecular complexity index is 137. The topological polar surface area (TPSA) is 24.5 Å². The molecule has 2 heterocycles. The molecule has 2 bridgehead atoms. The van der Waals surface area contributed by atoms with Gasteiger partial charge in [0, 0.05) is 38.4 Å². The van der Waals surface area contributed by atoms with Gasteiger partial charge in [-0.25, -0.2) is 0 Å². The highest BCUT2D eigenvalue weighted by atomic mass is 16.5. The number of piperazine rings is 1. The first kappa shape index (κ1) is 8.48. The van der Waals surface area contributed by atoms with Crippen molar-refractivity contribution in [1.82, 2.24) is 10.2 Å². The molecule has 3 nitrogen and oxygen atoms in total. The summed E-state index contributed by atoms with van der Waals surface area (Å²) in [4.78, 5) is 2.53. The van der Waals surface area contributed by atoms with E-state index in [1.807, 2.05) is 0 Å². The van der Waals surface area contributed by atoms with E-state index in [4.69, 9.17) is 4.74 Å². The highest BCUT2D eigenvalue weighted by molar-refractivity contribution is 4.86. The van der Waals surface area contributed by atoms with E-state index in [-0.39, 0.29) is 0 Å². The van der Waals surface area contributed by atoms with Gasteiger partial charge in [0.25, 0.3) is 0 Å². The predicted molar refractivity (Wildman–Crippen MR) is 48.3 cm³/mol. The molecule has 0 aromatic heterocycles. The second-order valence-corrected chi connectivity index (χ2v) is 3.82. The Labute approximate surface area is 74.1 Å². The van der Waals surface area contributed by atoms with Crippen molar-refractivity contribution >= 4 is 0 Å². The van der Waals surface area contributed by atoms with Crippen LogP contribution in [-0.2, 0) is 4.74 Å². The lowest BCUT2D eigenvalue weighted by Crippen LogP contribution is -2.56. The number of likely N-dealkylation sites (N-methyl/N-ethyl adjacent to an activating group) is 1. The SMILES string of the molecule is CN1C2CCOCCC1CNC2. The largest absolute Gasteiger partial charge is 0.381 e. The van der Waals surface area contributed by atoms with Crippen LogP contribution in [0.15, 0.2) is 0 Å². The number of ether oxygens (including phenoxy) is 1. The fourth-order valence-corrected chi connectivity index (χ4v) is 2.15. The van der Waals surface area contributed by atoms with E-state index in [1.165, 1.54) is 12.8 Å². The maximum Gasteiger partial charge on any atom is 0.0481 e. The molecule has 0 radical (unpaired) electrons. The first-order valence-electron chi connectivity index (χ1n) is 4.88. The maximum atomic E-state index is 5.50. The first-order chi connectivity index (χ1) is 5.88. The normalized spacial score (nSPS) is 38.8. The summed E-state index contributed by atoms with van der Waals surface area (Å²) in [5, 5.41) is 3.49. The smallest absolute Gasteiger partial charge is 0.0481 e. The zero-order valence-corrected chi connectivity index (χ0v) is 7.75. The quantitative estimate of drug-likeness (QED) is 0.557. The monoisotopic (exact) mass is 170 g/mol. The molecule has 2 aliphatic heterocycles. The van der Waals surface area contributed by atoms with Crippen LogP contribution < -0.4 is 5.32 Å². The predicted octanol–water partition coefficient (Wildman–Crippen LogP) is 0.0690. The van der Waals surface area contributed by atoms with Gasteiger partial charge in [-0.1, -0.05) is 0 Å². The molecule has 0 amide bonds. The van der Waals surface area contributed by atoms with Crippen LogP contribution in [0, 0.1) is 0 Å². The molecular formula is C9H18N2O. The average Bonchev–Trinajstić information content (AvgIpc) is 2.10. The highest BCUT2D eigenvalue weighted by Crippen LogP contribution is 2.15. The van der Waals surface area contributed by atoms with Crippen LogP contribution in [0.5, 0.6) is 0 Å². The molecule has 70 valence electrons. The Morgan fingerprint density at radius 2 is 1.75 bits per heavy atom. The van der Waals surface area contributed by atoms with Crippen molar-refractivity contribution in [2.45, 2.75) is 24.9 Å². The lowest BCUT2D eigenvalue weighted by atomic mass is 10.0. The Kier molecular flexibility index (Phi) is 2.63. The van der Waals surface area contributed by atoms with E-state index in [0.29, 0.717) is 12.1 Å². The molecule has 2 unspecified atom stereocenters. The van der Waals surface area contributed by atoms with Gasteiger partial charge in [0.05, 0.1) is 0 Å². The van der Waals surface area contributed by atoms with Gasteiger partial charge in [0.1, 0.15) is 0 Å².